The number of para-hydroxylation sites is 1. The van der Waals surface area contributed by atoms with Crippen LogP contribution in [0.3, 0.4) is 0 Å². The van der Waals surface area contributed by atoms with Crippen LogP contribution in [0.25, 0.3) is 0 Å². The van der Waals surface area contributed by atoms with Crippen molar-refractivity contribution in [2.24, 2.45) is 0 Å². The molecule has 0 heterocycles. The molecule has 0 bridgehead atoms. The summed E-state index contributed by atoms with van der Waals surface area (Å²) in [7, 11) is 0. The number of ether oxygens (including phenoxy) is 1. The van der Waals surface area contributed by atoms with Gasteiger partial charge in [-0.05, 0) is 54.1 Å². The summed E-state index contributed by atoms with van der Waals surface area (Å²) in [6, 6.07) is 24.5. The molecule has 23 heavy (non-hydrogen) atoms. The zero-order valence-electron chi connectivity index (χ0n) is 12.6. The van der Waals surface area contributed by atoms with Crippen LogP contribution >= 0.6 is 0 Å². The molecule has 0 aliphatic rings. The Hall–Kier alpha value is -2.98. The normalized spacial score (nSPS) is 10.3. The quantitative estimate of drug-likeness (QED) is 0.594. The number of anilines is 1. The number of nitrogens with one attached hydrogen (secondary N) is 2. The van der Waals surface area contributed by atoms with Crippen LogP contribution < -0.4 is 15.6 Å². The predicted octanol–water partition coefficient (Wildman–Crippen LogP) is 4.30. The highest BCUT2D eigenvalue weighted by Crippen LogP contribution is 2.22. The van der Waals surface area contributed by atoms with Crippen molar-refractivity contribution < 1.29 is 9.84 Å². The number of phenolic OH excluding ortho intramolecular Hbond substituents is 1. The van der Waals surface area contributed by atoms with Crippen LogP contribution in [0.1, 0.15) is 5.56 Å². The molecular weight excluding hydrogens is 288 g/mol. The average molecular weight is 306 g/mol. The number of rotatable bonds is 6. The summed E-state index contributed by atoms with van der Waals surface area (Å²) in [6.45, 7) is 0.655. The SMILES string of the molecule is Oc1ccc(CNNc2ccc(Oc3ccccc3)cc2)cc1. The highest BCUT2D eigenvalue weighted by molar-refractivity contribution is 5.46. The number of aromatic hydroxyl groups is 1. The maximum atomic E-state index is 9.24. The molecule has 4 heteroatoms. The summed E-state index contributed by atoms with van der Waals surface area (Å²) >= 11 is 0. The molecule has 0 unspecified atom stereocenters. The third kappa shape index (κ3) is 4.49. The highest BCUT2D eigenvalue weighted by atomic mass is 16.5. The van der Waals surface area contributed by atoms with Crippen LogP contribution in [0.15, 0.2) is 78.9 Å². The highest BCUT2D eigenvalue weighted by Gasteiger charge is 1.98. The lowest BCUT2D eigenvalue weighted by Crippen LogP contribution is -2.20. The molecule has 0 aliphatic carbocycles. The van der Waals surface area contributed by atoms with E-state index >= 15 is 0 Å². The third-order valence-corrected chi connectivity index (χ3v) is 3.29. The summed E-state index contributed by atoms with van der Waals surface area (Å²) in [5.74, 6) is 1.88. The lowest BCUT2D eigenvalue weighted by Gasteiger charge is -2.10. The smallest absolute Gasteiger partial charge is 0.127 e. The molecule has 0 aliphatic heterocycles. The Morgan fingerprint density at radius 2 is 1.39 bits per heavy atom. The Bertz CT molecular complexity index is 726. The summed E-state index contributed by atoms with van der Waals surface area (Å²) in [6.07, 6.45) is 0. The number of benzene rings is 3. The van der Waals surface area contributed by atoms with Gasteiger partial charge in [0, 0.05) is 12.2 Å². The number of hydrogen-bond donors (Lipinski definition) is 3. The van der Waals surface area contributed by atoms with Crippen LogP contribution in [-0.4, -0.2) is 5.11 Å². The van der Waals surface area contributed by atoms with Crippen molar-refractivity contribution in [1.82, 2.24) is 5.43 Å². The van der Waals surface area contributed by atoms with Gasteiger partial charge in [-0.3, -0.25) is 0 Å². The molecule has 0 fully saturated rings. The fourth-order valence-corrected chi connectivity index (χ4v) is 2.09. The monoisotopic (exact) mass is 306 g/mol. The topological polar surface area (TPSA) is 53.5 Å². The predicted molar refractivity (Wildman–Crippen MR) is 91.5 cm³/mol. The third-order valence-electron chi connectivity index (χ3n) is 3.29. The molecule has 0 saturated heterocycles. The van der Waals surface area contributed by atoms with E-state index < -0.39 is 0 Å². The maximum absolute atomic E-state index is 9.24. The maximum Gasteiger partial charge on any atom is 0.127 e. The van der Waals surface area contributed by atoms with Gasteiger partial charge >= 0.3 is 0 Å². The van der Waals surface area contributed by atoms with Crippen molar-refractivity contribution in [3.05, 3.63) is 84.4 Å². The number of hydrazine groups is 1. The zero-order valence-corrected chi connectivity index (χ0v) is 12.6. The van der Waals surface area contributed by atoms with Crippen molar-refractivity contribution in [3.63, 3.8) is 0 Å². The Balaban J connectivity index is 1.50. The minimum absolute atomic E-state index is 0.274. The fourth-order valence-electron chi connectivity index (χ4n) is 2.09. The van der Waals surface area contributed by atoms with Crippen molar-refractivity contribution >= 4 is 5.69 Å². The first-order chi connectivity index (χ1) is 11.3. The van der Waals surface area contributed by atoms with Crippen molar-refractivity contribution in [3.8, 4) is 17.2 Å². The number of phenols is 1. The van der Waals surface area contributed by atoms with Crippen LogP contribution in [0.2, 0.25) is 0 Å². The van der Waals surface area contributed by atoms with E-state index in [9.17, 15) is 5.11 Å². The molecule has 0 spiro atoms. The second kappa shape index (κ2) is 7.33. The Morgan fingerprint density at radius 1 is 0.739 bits per heavy atom. The van der Waals surface area contributed by atoms with Gasteiger partial charge in [0.1, 0.15) is 17.2 Å². The molecule has 0 saturated carbocycles. The van der Waals surface area contributed by atoms with Gasteiger partial charge in [0.05, 0.1) is 0 Å². The van der Waals surface area contributed by atoms with E-state index in [1.165, 1.54) is 0 Å². The number of hydrogen-bond acceptors (Lipinski definition) is 4. The van der Waals surface area contributed by atoms with E-state index in [0.717, 1.165) is 22.7 Å². The molecule has 3 aromatic carbocycles. The van der Waals surface area contributed by atoms with Crippen LogP contribution in [0.5, 0.6) is 17.2 Å². The van der Waals surface area contributed by atoms with E-state index in [4.69, 9.17) is 4.74 Å². The molecule has 0 aromatic heterocycles. The molecule has 0 radical (unpaired) electrons. The summed E-state index contributed by atoms with van der Waals surface area (Å²) in [5.41, 5.74) is 8.30. The van der Waals surface area contributed by atoms with Crippen LogP contribution in [0, 0.1) is 0 Å². The van der Waals surface area contributed by atoms with Gasteiger partial charge in [0.15, 0.2) is 0 Å². The molecule has 0 amide bonds. The molecule has 116 valence electrons. The van der Waals surface area contributed by atoms with E-state index in [2.05, 4.69) is 10.9 Å². The molecular formula is C19H18N2O2. The average Bonchev–Trinajstić information content (AvgIpc) is 2.59. The van der Waals surface area contributed by atoms with Crippen molar-refractivity contribution in [1.29, 1.82) is 0 Å². The zero-order chi connectivity index (χ0) is 15.9. The van der Waals surface area contributed by atoms with Gasteiger partial charge in [-0.25, -0.2) is 5.43 Å². The van der Waals surface area contributed by atoms with E-state index in [0.29, 0.717) is 6.54 Å². The second-order valence-electron chi connectivity index (χ2n) is 5.08. The van der Waals surface area contributed by atoms with Gasteiger partial charge in [0.25, 0.3) is 0 Å². The lowest BCUT2D eigenvalue weighted by molar-refractivity contribution is 0.475. The summed E-state index contributed by atoms with van der Waals surface area (Å²) < 4.78 is 5.75. The second-order valence-corrected chi connectivity index (χ2v) is 5.08. The van der Waals surface area contributed by atoms with Crippen LogP contribution in [0.4, 0.5) is 5.69 Å². The van der Waals surface area contributed by atoms with Gasteiger partial charge in [-0.2, -0.15) is 0 Å². The first-order valence-corrected chi connectivity index (χ1v) is 7.39. The Labute approximate surface area is 135 Å². The van der Waals surface area contributed by atoms with Gasteiger partial charge < -0.3 is 15.3 Å². The molecule has 0 atom stereocenters. The van der Waals surface area contributed by atoms with Gasteiger partial charge in [-0.15, -0.1) is 0 Å². The van der Waals surface area contributed by atoms with E-state index in [1.807, 2.05) is 66.7 Å². The van der Waals surface area contributed by atoms with E-state index in [-0.39, 0.29) is 5.75 Å². The summed E-state index contributed by atoms with van der Waals surface area (Å²) in [4.78, 5) is 0. The van der Waals surface area contributed by atoms with E-state index in [1.54, 1.807) is 12.1 Å². The lowest BCUT2D eigenvalue weighted by atomic mass is 10.2. The molecule has 3 aromatic rings. The van der Waals surface area contributed by atoms with Crippen molar-refractivity contribution in [2.75, 3.05) is 5.43 Å². The minimum atomic E-state index is 0.274. The Kier molecular flexibility index (Phi) is 4.76. The minimum Gasteiger partial charge on any atom is -0.508 e. The standard InChI is InChI=1S/C19H18N2O2/c22-17-10-6-15(7-11-17)14-20-21-16-8-12-19(13-9-16)23-18-4-2-1-3-5-18/h1-13,20-22H,14H2. The fraction of sp³-hybridized carbons (Fsp3) is 0.0526. The van der Waals surface area contributed by atoms with Gasteiger partial charge in [0.2, 0.25) is 0 Å². The first kappa shape index (κ1) is 14.9. The summed E-state index contributed by atoms with van der Waals surface area (Å²) in [5, 5.41) is 9.24. The molecule has 3 N–H and O–H groups in total. The van der Waals surface area contributed by atoms with Crippen molar-refractivity contribution in [2.45, 2.75) is 6.54 Å². The molecule has 3 rings (SSSR count). The first-order valence-electron chi connectivity index (χ1n) is 7.39. The Morgan fingerprint density at radius 3 is 2.09 bits per heavy atom. The largest absolute Gasteiger partial charge is 0.508 e. The molecule has 4 nitrogen and oxygen atoms in total. The van der Waals surface area contributed by atoms with Gasteiger partial charge in [-0.1, -0.05) is 30.3 Å². The van der Waals surface area contributed by atoms with Crippen LogP contribution in [-0.2, 0) is 6.54 Å².